The first-order chi connectivity index (χ1) is 37.3. The lowest BCUT2D eigenvalue weighted by Crippen LogP contribution is -2.71. The second-order valence-corrected chi connectivity index (χ2v) is 20.0. The van der Waals surface area contributed by atoms with E-state index in [0.29, 0.717) is 0 Å². The standard InChI is InChI=1S/C44H77NO34/c1-10-20(55)25(60)28(63)40(68-10)74-33(13(53)4-46)34(14(54)5-47)75-43-31(66)37(23(58)16(7-49)71-43)78-39-19(45-12(3)52)36(77-41-29(64)26(61)21(56)11(2)69-41)35(18(9-51)73-39)76-44-32(67)38(24(59)17(8-50)72-44)79-42-30(65)27(62)22(57)15(6-48)70-42/h10-11,13-44,46-51,53-67H,4-9H2,1-3H3,(H,45,52)/t10-,11-,13-,14+,15+,16+,17+,18+,19+,20+,21+,22-,23-,24-,25+,26+,27-,28-,29-,30+,31+,32+,33+,34+,35+,36+,37-,38-,39-,40-,41-,42+,43-,44-/m0/s1. The number of carbonyl (C=O) groups excluding carboxylic acids is 1. The highest BCUT2D eigenvalue weighted by atomic mass is 16.8. The average Bonchev–Trinajstić information content (AvgIpc) is 3.52. The van der Waals surface area contributed by atoms with Gasteiger partial charge in [-0.3, -0.25) is 4.79 Å². The smallest absolute Gasteiger partial charge is 0.217 e. The molecule has 0 aromatic heterocycles. The van der Waals surface area contributed by atoms with Crippen LogP contribution < -0.4 is 5.32 Å². The molecule has 79 heavy (non-hydrogen) atoms. The number of nitrogens with one attached hydrogen (secondary N) is 1. The van der Waals surface area contributed by atoms with Crippen molar-refractivity contribution in [1.29, 1.82) is 0 Å². The fourth-order valence-corrected chi connectivity index (χ4v) is 9.88. The molecule has 6 aliphatic heterocycles. The van der Waals surface area contributed by atoms with Gasteiger partial charge in [0.15, 0.2) is 37.7 Å². The van der Waals surface area contributed by atoms with Crippen LogP contribution in [0.2, 0.25) is 0 Å². The van der Waals surface area contributed by atoms with Gasteiger partial charge < -0.3 is 169 Å². The Morgan fingerprint density at radius 3 is 1.18 bits per heavy atom. The SMILES string of the molecule is CC(=O)N[C@H]1[C@H](O[C@H]2[C@@H](O)[C@@H](CO)O[C@@H](O[C@@H]([C@H](O[C@@H]3O[C@@H](C)[C@@H](O)[C@@H](O)[C@@H]3O)[C@@H](O)CO)[C@H](O)CO)[C@@H]2O)O[C@H](CO)[C@@H](O[C@@H]2O[C@H](CO)[C@H](O)[C@H](O[C@H]3O[C@H](CO)[C@H](O)[C@H](O)[C@H]3O)[C@H]2O)[C@@H]1O[C@@H]1O[C@@H](C)[C@@H](O)[C@@H](O)[C@@H]1O. The Morgan fingerprint density at radius 2 is 0.722 bits per heavy atom. The molecule has 0 bridgehead atoms. The van der Waals surface area contributed by atoms with Crippen molar-refractivity contribution < 1.29 is 169 Å². The van der Waals surface area contributed by atoms with Gasteiger partial charge in [-0.15, -0.1) is 0 Å². The fourth-order valence-electron chi connectivity index (χ4n) is 9.88. The van der Waals surface area contributed by atoms with E-state index in [4.69, 9.17) is 56.8 Å². The minimum Gasteiger partial charge on any atom is -0.394 e. The molecule has 0 saturated carbocycles. The first-order valence-corrected chi connectivity index (χ1v) is 25.3. The predicted octanol–water partition coefficient (Wildman–Crippen LogP) is -14.4. The van der Waals surface area contributed by atoms with E-state index in [1.165, 1.54) is 13.8 Å². The summed E-state index contributed by atoms with van der Waals surface area (Å²) in [6.45, 7) is -3.15. The molecule has 35 nitrogen and oxygen atoms in total. The number of rotatable bonds is 22. The minimum absolute atomic E-state index is 0.915. The van der Waals surface area contributed by atoms with Gasteiger partial charge >= 0.3 is 0 Å². The predicted molar refractivity (Wildman–Crippen MR) is 243 cm³/mol. The lowest BCUT2D eigenvalue weighted by Gasteiger charge is -2.52. The van der Waals surface area contributed by atoms with Gasteiger partial charge in [-0.2, -0.15) is 0 Å². The van der Waals surface area contributed by atoms with Gasteiger partial charge in [-0.05, 0) is 13.8 Å². The Morgan fingerprint density at radius 1 is 0.392 bits per heavy atom. The molecule has 35 heteroatoms. The summed E-state index contributed by atoms with van der Waals surface area (Å²) in [5.41, 5.74) is 0. The maximum Gasteiger partial charge on any atom is 0.217 e. The second kappa shape index (κ2) is 28.8. The number of hydrogen-bond acceptors (Lipinski definition) is 34. The van der Waals surface area contributed by atoms with Crippen molar-refractivity contribution in [3.8, 4) is 0 Å². The van der Waals surface area contributed by atoms with E-state index >= 15 is 0 Å². The van der Waals surface area contributed by atoms with E-state index in [1.807, 2.05) is 0 Å². The lowest BCUT2D eigenvalue weighted by molar-refractivity contribution is -0.396. The third-order valence-electron chi connectivity index (χ3n) is 14.5. The van der Waals surface area contributed by atoms with Crippen LogP contribution in [0.4, 0.5) is 0 Å². The molecule has 6 saturated heterocycles. The Hall–Kier alpha value is -1.85. The summed E-state index contributed by atoms with van der Waals surface area (Å²) in [7, 11) is 0. The largest absolute Gasteiger partial charge is 0.394 e. The zero-order valence-corrected chi connectivity index (χ0v) is 42.6. The number of ether oxygens (including phenoxy) is 12. The maximum atomic E-state index is 13.2. The molecule has 462 valence electrons. The normalized spacial score (nSPS) is 48.7. The summed E-state index contributed by atoms with van der Waals surface area (Å²) in [5, 5.41) is 228. The molecule has 6 aliphatic rings. The number of carbonyl (C=O) groups is 1. The third-order valence-corrected chi connectivity index (χ3v) is 14.5. The van der Waals surface area contributed by atoms with Crippen LogP contribution in [0.5, 0.6) is 0 Å². The first-order valence-electron chi connectivity index (χ1n) is 25.3. The highest BCUT2D eigenvalue weighted by Crippen LogP contribution is 2.38. The van der Waals surface area contributed by atoms with Gasteiger partial charge in [0.05, 0.1) is 51.8 Å². The van der Waals surface area contributed by atoms with Crippen LogP contribution in [-0.4, -0.2) is 361 Å². The monoisotopic (exact) mass is 1160 g/mol. The summed E-state index contributed by atoms with van der Waals surface area (Å²) in [6.07, 6.45) is -65.0. The highest BCUT2D eigenvalue weighted by molar-refractivity contribution is 5.73. The molecule has 0 aliphatic carbocycles. The summed E-state index contributed by atoms with van der Waals surface area (Å²) in [4.78, 5) is 13.2. The van der Waals surface area contributed by atoms with Crippen molar-refractivity contribution in [2.75, 3.05) is 39.6 Å². The zero-order chi connectivity index (χ0) is 58.6. The molecule has 0 spiro atoms. The van der Waals surface area contributed by atoms with Crippen molar-refractivity contribution in [1.82, 2.24) is 5.32 Å². The van der Waals surface area contributed by atoms with Gasteiger partial charge in [0.25, 0.3) is 0 Å². The first kappa shape index (κ1) is 66.3. The van der Waals surface area contributed by atoms with Crippen LogP contribution in [0.1, 0.15) is 20.8 Å². The molecule has 34 atom stereocenters. The van der Waals surface area contributed by atoms with Crippen molar-refractivity contribution >= 4 is 5.91 Å². The molecule has 0 aromatic rings. The molecule has 6 fully saturated rings. The van der Waals surface area contributed by atoms with E-state index in [-0.39, 0.29) is 0 Å². The Labute approximate surface area is 448 Å². The molecule has 0 aromatic carbocycles. The summed E-state index contributed by atoms with van der Waals surface area (Å²) in [5.74, 6) is -0.948. The summed E-state index contributed by atoms with van der Waals surface area (Å²) in [6, 6.07) is -1.93. The van der Waals surface area contributed by atoms with E-state index in [0.717, 1.165) is 6.92 Å². The molecule has 6 heterocycles. The Kier molecular flexibility index (Phi) is 24.2. The molecule has 6 rings (SSSR count). The molecular weight excluding hydrogens is 1090 g/mol. The van der Waals surface area contributed by atoms with E-state index in [2.05, 4.69) is 5.32 Å². The lowest BCUT2D eigenvalue weighted by atomic mass is 9.93. The van der Waals surface area contributed by atoms with Crippen LogP contribution in [0.25, 0.3) is 0 Å². The van der Waals surface area contributed by atoms with Crippen LogP contribution in [0.3, 0.4) is 0 Å². The van der Waals surface area contributed by atoms with Crippen molar-refractivity contribution in [2.45, 2.75) is 229 Å². The number of aliphatic hydroxyl groups is 21. The molecular formula is C44H77NO34. The quantitative estimate of drug-likeness (QED) is 0.0479. The van der Waals surface area contributed by atoms with Gasteiger partial charge in [0.2, 0.25) is 5.91 Å². The molecule has 1 amide bonds. The second-order valence-electron chi connectivity index (χ2n) is 20.0. The summed E-state index contributed by atoms with van der Waals surface area (Å²) < 4.78 is 69.6. The van der Waals surface area contributed by atoms with Crippen LogP contribution in [0.15, 0.2) is 0 Å². The molecule has 0 unspecified atom stereocenters. The van der Waals surface area contributed by atoms with E-state index in [9.17, 15) is 112 Å². The highest BCUT2D eigenvalue weighted by Gasteiger charge is 2.59. The van der Waals surface area contributed by atoms with Crippen molar-refractivity contribution in [3.05, 3.63) is 0 Å². The van der Waals surface area contributed by atoms with Gasteiger partial charge in [0, 0.05) is 6.92 Å². The topological polar surface area (TPSA) is 565 Å². The minimum atomic E-state index is -2.37. The van der Waals surface area contributed by atoms with Gasteiger partial charge in [-0.1, -0.05) is 0 Å². The van der Waals surface area contributed by atoms with Crippen molar-refractivity contribution in [3.63, 3.8) is 0 Å². The van der Waals surface area contributed by atoms with E-state index < -0.39 is 254 Å². The van der Waals surface area contributed by atoms with Crippen LogP contribution in [0, 0.1) is 0 Å². The van der Waals surface area contributed by atoms with Crippen LogP contribution in [-0.2, 0) is 61.6 Å². The fraction of sp³-hybridized carbons (Fsp3) is 0.977. The van der Waals surface area contributed by atoms with E-state index in [1.54, 1.807) is 0 Å². The molecule has 22 N–H and O–H groups in total. The Bertz CT molecular complexity index is 1850. The van der Waals surface area contributed by atoms with Gasteiger partial charge in [0.1, 0.15) is 159 Å². The average molecular weight is 1160 g/mol. The number of hydrogen-bond donors (Lipinski definition) is 22. The third kappa shape index (κ3) is 14.5. The zero-order valence-electron chi connectivity index (χ0n) is 42.6. The number of amides is 1. The van der Waals surface area contributed by atoms with Crippen molar-refractivity contribution in [2.24, 2.45) is 0 Å². The number of aliphatic hydroxyl groups excluding tert-OH is 21. The summed E-state index contributed by atoms with van der Waals surface area (Å²) >= 11 is 0. The van der Waals surface area contributed by atoms with Gasteiger partial charge in [-0.25, -0.2) is 0 Å². The Balaban J connectivity index is 1.35. The maximum absolute atomic E-state index is 13.2. The van der Waals surface area contributed by atoms with Crippen LogP contribution >= 0.6 is 0 Å². The molecule has 0 radical (unpaired) electrons.